The number of nitrogens with one attached hydrogen (secondary N) is 1. The van der Waals surface area contributed by atoms with E-state index in [1.807, 2.05) is 12.1 Å². The third kappa shape index (κ3) is 2.70. The summed E-state index contributed by atoms with van der Waals surface area (Å²) in [5, 5.41) is 5.65. The lowest BCUT2D eigenvalue weighted by atomic mass is 10.1. The van der Waals surface area contributed by atoms with Crippen LogP contribution in [0.1, 0.15) is 15.9 Å². The molecule has 0 aliphatic heterocycles. The Morgan fingerprint density at radius 2 is 1.85 bits per heavy atom. The second kappa shape index (κ2) is 5.43. The zero-order chi connectivity index (χ0) is 13.9. The zero-order valence-electron chi connectivity index (χ0n) is 10.6. The van der Waals surface area contributed by atoms with Gasteiger partial charge in [-0.3, -0.25) is 4.79 Å². The Hall–Kier alpha value is -2.20. The summed E-state index contributed by atoms with van der Waals surface area (Å²) < 4.78 is 13.7. The second-order valence-electron chi connectivity index (χ2n) is 4.47. The van der Waals surface area contributed by atoms with Gasteiger partial charge in [-0.1, -0.05) is 30.3 Å². The largest absolute Gasteiger partial charge is 0.373 e. The van der Waals surface area contributed by atoms with Gasteiger partial charge in [0.05, 0.1) is 10.6 Å². The van der Waals surface area contributed by atoms with Gasteiger partial charge in [0.25, 0.3) is 0 Å². The highest BCUT2D eigenvalue weighted by molar-refractivity contribution is 7.22. The SMILES string of the molecule is O=C(F)c1ccc(CNc2cc3ccccc3s2)cc1. The van der Waals surface area contributed by atoms with E-state index in [9.17, 15) is 9.18 Å². The maximum absolute atomic E-state index is 12.5. The molecule has 0 saturated carbocycles. The normalized spacial score (nSPS) is 10.7. The molecule has 0 saturated heterocycles. The number of benzene rings is 2. The smallest absolute Gasteiger partial charge is 0.332 e. The van der Waals surface area contributed by atoms with Crippen molar-refractivity contribution >= 4 is 32.5 Å². The molecule has 0 radical (unpaired) electrons. The molecule has 1 aromatic heterocycles. The number of carbonyl (C=O) groups excluding carboxylic acids is 1. The summed E-state index contributed by atoms with van der Waals surface area (Å²) in [5.41, 5.74) is 1.10. The molecule has 2 aromatic carbocycles. The molecule has 0 aliphatic carbocycles. The average Bonchev–Trinajstić information content (AvgIpc) is 2.88. The number of halogens is 1. The van der Waals surface area contributed by atoms with E-state index in [1.165, 1.54) is 22.2 Å². The van der Waals surface area contributed by atoms with Gasteiger partial charge in [0, 0.05) is 11.2 Å². The Balaban J connectivity index is 1.71. The predicted octanol–water partition coefficient (Wildman–Crippen LogP) is 4.62. The number of hydrogen-bond donors (Lipinski definition) is 1. The van der Waals surface area contributed by atoms with Gasteiger partial charge in [0.1, 0.15) is 0 Å². The first-order valence-electron chi connectivity index (χ1n) is 6.23. The van der Waals surface area contributed by atoms with Crippen LogP contribution in [-0.2, 0) is 6.54 Å². The molecule has 3 rings (SSSR count). The first-order valence-corrected chi connectivity index (χ1v) is 7.05. The molecule has 100 valence electrons. The molecule has 0 spiro atoms. The number of anilines is 1. The fourth-order valence-corrected chi connectivity index (χ4v) is 2.97. The molecule has 3 aromatic rings. The monoisotopic (exact) mass is 285 g/mol. The van der Waals surface area contributed by atoms with Crippen LogP contribution in [-0.4, -0.2) is 6.04 Å². The zero-order valence-corrected chi connectivity index (χ0v) is 11.4. The molecular formula is C16H12FNOS. The molecule has 20 heavy (non-hydrogen) atoms. The Labute approximate surface area is 119 Å². The first kappa shape index (κ1) is 12.8. The second-order valence-corrected chi connectivity index (χ2v) is 5.56. The summed E-state index contributed by atoms with van der Waals surface area (Å²) in [5.74, 6) is 0. The number of carbonyl (C=O) groups is 1. The minimum absolute atomic E-state index is 0.0932. The van der Waals surface area contributed by atoms with Crippen LogP contribution in [0.4, 0.5) is 9.39 Å². The Kier molecular flexibility index (Phi) is 3.48. The predicted molar refractivity (Wildman–Crippen MR) is 81.0 cm³/mol. The third-order valence-electron chi connectivity index (χ3n) is 3.07. The molecule has 1 N–H and O–H groups in total. The molecule has 0 atom stereocenters. The van der Waals surface area contributed by atoms with Crippen molar-refractivity contribution in [3.63, 3.8) is 0 Å². The molecule has 0 aliphatic rings. The van der Waals surface area contributed by atoms with E-state index >= 15 is 0 Å². The lowest BCUT2D eigenvalue weighted by molar-refractivity contribution is 0.0836. The minimum Gasteiger partial charge on any atom is -0.373 e. The van der Waals surface area contributed by atoms with Gasteiger partial charge in [-0.25, -0.2) is 0 Å². The minimum atomic E-state index is -1.39. The molecule has 0 bridgehead atoms. The summed E-state index contributed by atoms with van der Waals surface area (Å²) in [6.45, 7) is 0.646. The van der Waals surface area contributed by atoms with Crippen molar-refractivity contribution in [2.45, 2.75) is 6.54 Å². The number of rotatable bonds is 4. The van der Waals surface area contributed by atoms with Crippen LogP contribution in [0.2, 0.25) is 0 Å². The van der Waals surface area contributed by atoms with Gasteiger partial charge < -0.3 is 5.32 Å². The van der Waals surface area contributed by atoms with Crippen molar-refractivity contribution < 1.29 is 9.18 Å². The van der Waals surface area contributed by atoms with Gasteiger partial charge in [-0.15, -0.1) is 11.3 Å². The number of hydrogen-bond acceptors (Lipinski definition) is 3. The van der Waals surface area contributed by atoms with E-state index in [2.05, 4.69) is 23.5 Å². The highest BCUT2D eigenvalue weighted by atomic mass is 32.1. The maximum atomic E-state index is 12.5. The molecule has 2 nitrogen and oxygen atoms in total. The van der Waals surface area contributed by atoms with Gasteiger partial charge in [0.15, 0.2) is 0 Å². The van der Waals surface area contributed by atoms with E-state index in [0.717, 1.165) is 10.6 Å². The Morgan fingerprint density at radius 1 is 1.10 bits per heavy atom. The van der Waals surface area contributed by atoms with Crippen molar-refractivity contribution in [1.82, 2.24) is 0 Å². The summed E-state index contributed by atoms with van der Waals surface area (Å²) in [6, 6.07) is 15.5. The molecule has 1 heterocycles. The lowest BCUT2D eigenvalue weighted by Crippen LogP contribution is -1.98. The van der Waals surface area contributed by atoms with Crippen molar-refractivity contribution in [2.75, 3.05) is 5.32 Å². The fraction of sp³-hybridized carbons (Fsp3) is 0.0625. The third-order valence-corrected chi connectivity index (χ3v) is 4.15. The van der Waals surface area contributed by atoms with Crippen molar-refractivity contribution in [3.8, 4) is 0 Å². The molecule has 0 amide bonds. The van der Waals surface area contributed by atoms with Crippen molar-refractivity contribution in [1.29, 1.82) is 0 Å². The summed E-state index contributed by atoms with van der Waals surface area (Å²) in [7, 11) is 0. The van der Waals surface area contributed by atoms with E-state index in [0.29, 0.717) is 6.54 Å². The van der Waals surface area contributed by atoms with Gasteiger partial charge in [-0.2, -0.15) is 4.39 Å². The fourth-order valence-electron chi connectivity index (χ4n) is 2.01. The number of fused-ring (bicyclic) bond motifs is 1. The van der Waals surface area contributed by atoms with Crippen LogP contribution in [0, 0.1) is 0 Å². The van der Waals surface area contributed by atoms with Crippen molar-refractivity contribution in [3.05, 3.63) is 65.7 Å². The maximum Gasteiger partial charge on any atom is 0.332 e. The van der Waals surface area contributed by atoms with E-state index in [-0.39, 0.29) is 5.56 Å². The van der Waals surface area contributed by atoms with Crippen LogP contribution in [0.3, 0.4) is 0 Å². The Morgan fingerprint density at radius 3 is 2.55 bits per heavy atom. The van der Waals surface area contributed by atoms with Gasteiger partial charge in [0.2, 0.25) is 0 Å². The standard InChI is InChI=1S/C16H12FNOS/c17-16(19)12-7-5-11(6-8-12)10-18-15-9-13-3-1-2-4-14(13)20-15/h1-9,18H,10H2. The quantitative estimate of drug-likeness (QED) is 0.708. The molecule has 0 fully saturated rings. The number of thiophene rings is 1. The van der Waals surface area contributed by atoms with Crippen LogP contribution < -0.4 is 5.32 Å². The molecule has 4 heteroatoms. The lowest BCUT2D eigenvalue weighted by Gasteiger charge is -2.03. The topological polar surface area (TPSA) is 29.1 Å². The van der Waals surface area contributed by atoms with E-state index < -0.39 is 6.04 Å². The van der Waals surface area contributed by atoms with Crippen LogP contribution in [0.15, 0.2) is 54.6 Å². The first-order chi connectivity index (χ1) is 9.72. The van der Waals surface area contributed by atoms with E-state index in [4.69, 9.17) is 0 Å². The Bertz CT molecular complexity index is 716. The van der Waals surface area contributed by atoms with Gasteiger partial charge in [-0.05, 0) is 35.2 Å². The molecular weight excluding hydrogens is 273 g/mol. The summed E-state index contributed by atoms with van der Waals surface area (Å²) >= 11 is 1.70. The van der Waals surface area contributed by atoms with Crippen molar-refractivity contribution in [2.24, 2.45) is 0 Å². The highest BCUT2D eigenvalue weighted by Crippen LogP contribution is 2.29. The molecule has 0 unspecified atom stereocenters. The van der Waals surface area contributed by atoms with E-state index in [1.54, 1.807) is 23.5 Å². The van der Waals surface area contributed by atoms with Crippen LogP contribution in [0.25, 0.3) is 10.1 Å². The summed E-state index contributed by atoms with van der Waals surface area (Å²) in [6.07, 6.45) is 0. The average molecular weight is 285 g/mol. The van der Waals surface area contributed by atoms with Crippen LogP contribution >= 0.6 is 11.3 Å². The van der Waals surface area contributed by atoms with Crippen LogP contribution in [0.5, 0.6) is 0 Å². The van der Waals surface area contributed by atoms with Gasteiger partial charge >= 0.3 is 6.04 Å². The highest BCUT2D eigenvalue weighted by Gasteiger charge is 2.03. The summed E-state index contributed by atoms with van der Waals surface area (Å²) in [4.78, 5) is 10.6.